The second-order valence-electron chi connectivity index (χ2n) is 4.33. The minimum absolute atomic E-state index is 0.0816. The van der Waals surface area contributed by atoms with E-state index in [0.29, 0.717) is 11.3 Å². The zero-order valence-corrected chi connectivity index (χ0v) is 13.3. The standard InChI is InChI=1S/C15H9BrClF3O2/c16-8-13(21)9-2-1-3-11(6-9)22-14-5-4-10(7-12(14)17)15(18,19)20/h1-7H,8H2. The second-order valence-corrected chi connectivity index (χ2v) is 5.30. The van der Waals surface area contributed by atoms with Crippen molar-refractivity contribution < 1.29 is 22.7 Å². The summed E-state index contributed by atoms with van der Waals surface area (Å²) in [5.74, 6) is 0.260. The highest BCUT2D eigenvalue weighted by molar-refractivity contribution is 9.09. The van der Waals surface area contributed by atoms with Crippen LogP contribution in [-0.2, 0) is 6.18 Å². The lowest BCUT2D eigenvalue weighted by Gasteiger charge is -2.11. The Morgan fingerprint density at radius 1 is 1.18 bits per heavy atom. The van der Waals surface area contributed by atoms with Crippen molar-refractivity contribution in [3.05, 3.63) is 58.6 Å². The number of alkyl halides is 4. The molecule has 0 aliphatic rings. The molecule has 0 amide bonds. The predicted octanol–water partition coefficient (Wildman–Crippen LogP) is 5.73. The maximum atomic E-state index is 12.6. The Kier molecular flexibility index (Phi) is 5.13. The number of carbonyl (C=O) groups excluding carboxylic acids is 1. The number of hydrogen-bond acceptors (Lipinski definition) is 2. The molecule has 0 bridgehead atoms. The van der Waals surface area contributed by atoms with Crippen molar-refractivity contribution in [3.63, 3.8) is 0 Å². The number of ether oxygens (including phenoxy) is 1. The Balaban J connectivity index is 2.26. The van der Waals surface area contributed by atoms with Gasteiger partial charge in [0.15, 0.2) is 5.78 Å². The molecule has 0 saturated heterocycles. The van der Waals surface area contributed by atoms with Crippen molar-refractivity contribution in [2.45, 2.75) is 6.18 Å². The van der Waals surface area contributed by atoms with Gasteiger partial charge in [0.05, 0.1) is 15.9 Å². The number of halogens is 5. The smallest absolute Gasteiger partial charge is 0.416 e. The van der Waals surface area contributed by atoms with Gasteiger partial charge < -0.3 is 4.74 Å². The number of carbonyl (C=O) groups is 1. The zero-order valence-electron chi connectivity index (χ0n) is 11.0. The van der Waals surface area contributed by atoms with E-state index >= 15 is 0 Å². The molecule has 0 heterocycles. The van der Waals surface area contributed by atoms with Crippen LogP contribution < -0.4 is 4.74 Å². The van der Waals surface area contributed by atoms with Crippen molar-refractivity contribution in [2.24, 2.45) is 0 Å². The van der Waals surface area contributed by atoms with Crippen LogP contribution in [0.15, 0.2) is 42.5 Å². The Hall–Kier alpha value is -1.53. The number of rotatable bonds is 4. The lowest BCUT2D eigenvalue weighted by Crippen LogP contribution is -2.04. The minimum Gasteiger partial charge on any atom is -0.456 e. The molecular weight excluding hydrogens is 385 g/mol. The summed E-state index contributed by atoms with van der Waals surface area (Å²) in [5, 5.41) is 0.00403. The summed E-state index contributed by atoms with van der Waals surface area (Å²) in [6.45, 7) is 0. The summed E-state index contributed by atoms with van der Waals surface area (Å²) in [5.41, 5.74) is -0.425. The van der Waals surface area contributed by atoms with Gasteiger partial charge in [-0.1, -0.05) is 39.7 Å². The van der Waals surface area contributed by atoms with Gasteiger partial charge in [-0.3, -0.25) is 4.79 Å². The van der Waals surface area contributed by atoms with Gasteiger partial charge >= 0.3 is 6.18 Å². The van der Waals surface area contributed by atoms with Crippen LogP contribution in [0.25, 0.3) is 0 Å². The quantitative estimate of drug-likeness (QED) is 0.490. The van der Waals surface area contributed by atoms with Gasteiger partial charge in [0, 0.05) is 5.56 Å². The van der Waals surface area contributed by atoms with E-state index in [4.69, 9.17) is 16.3 Å². The van der Waals surface area contributed by atoms with E-state index in [2.05, 4.69) is 15.9 Å². The SMILES string of the molecule is O=C(CBr)c1cccc(Oc2ccc(C(F)(F)F)cc2Cl)c1. The largest absolute Gasteiger partial charge is 0.456 e. The van der Waals surface area contributed by atoms with Crippen molar-refractivity contribution in [3.8, 4) is 11.5 Å². The fourth-order valence-electron chi connectivity index (χ4n) is 1.70. The topological polar surface area (TPSA) is 26.3 Å². The molecule has 0 unspecified atom stereocenters. The molecule has 2 aromatic rings. The Labute approximate surface area is 138 Å². The summed E-state index contributed by atoms with van der Waals surface area (Å²) in [4.78, 5) is 11.6. The van der Waals surface area contributed by atoms with Crippen LogP contribution in [0.2, 0.25) is 5.02 Å². The number of benzene rings is 2. The molecule has 2 aromatic carbocycles. The van der Waals surface area contributed by atoms with Gasteiger partial charge in [-0.25, -0.2) is 0 Å². The molecular formula is C15H9BrClF3O2. The highest BCUT2D eigenvalue weighted by Gasteiger charge is 2.31. The zero-order chi connectivity index (χ0) is 16.3. The summed E-state index contributed by atoms with van der Waals surface area (Å²) in [6, 6.07) is 9.13. The van der Waals surface area contributed by atoms with E-state index in [1.54, 1.807) is 18.2 Å². The first-order valence-electron chi connectivity index (χ1n) is 6.05. The van der Waals surface area contributed by atoms with Crippen LogP contribution in [0.4, 0.5) is 13.2 Å². The van der Waals surface area contributed by atoms with Gasteiger partial charge in [0.2, 0.25) is 0 Å². The third kappa shape index (κ3) is 4.01. The van der Waals surface area contributed by atoms with Crippen LogP contribution in [0.5, 0.6) is 11.5 Å². The third-order valence-corrected chi connectivity index (χ3v) is 3.57. The molecule has 22 heavy (non-hydrogen) atoms. The molecule has 7 heteroatoms. The van der Waals surface area contributed by atoms with E-state index in [-0.39, 0.29) is 21.9 Å². The molecule has 0 aromatic heterocycles. The van der Waals surface area contributed by atoms with Crippen LogP contribution in [0.3, 0.4) is 0 Å². The molecule has 0 atom stereocenters. The maximum absolute atomic E-state index is 12.6. The highest BCUT2D eigenvalue weighted by atomic mass is 79.9. The van der Waals surface area contributed by atoms with Crippen molar-refractivity contribution in [1.29, 1.82) is 0 Å². The molecule has 0 aliphatic carbocycles. The van der Waals surface area contributed by atoms with E-state index in [9.17, 15) is 18.0 Å². The monoisotopic (exact) mass is 392 g/mol. The first-order chi connectivity index (χ1) is 10.3. The molecule has 0 fully saturated rings. The van der Waals surface area contributed by atoms with Gasteiger partial charge in [-0.05, 0) is 30.3 Å². The fourth-order valence-corrected chi connectivity index (χ4v) is 2.24. The molecule has 0 spiro atoms. The molecule has 2 rings (SSSR count). The number of hydrogen-bond donors (Lipinski definition) is 0. The predicted molar refractivity (Wildman–Crippen MR) is 81.1 cm³/mol. The van der Waals surface area contributed by atoms with Crippen LogP contribution >= 0.6 is 27.5 Å². The lowest BCUT2D eigenvalue weighted by molar-refractivity contribution is -0.137. The van der Waals surface area contributed by atoms with E-state index in [1.165, 1.54) is 6.07 Å². The average Bonchev–Trinajstić information content (AvgIpc) is 2.47. The van der Waals surface area contributed by atoms with E-state index in [0.717, 1.165) is 18.2 Å². The van der Waals surface area contributed by atoms with Crippen LogP contribution in [0.1, 0.15) is 15.9 Å². The molecule has 0 aliphatic heterocycles. The number of Topliss-reactive ketones (excluding diaryl/α,β-unsaturated/α-hetero) is 1. The van der Waals surface area contributed by atoms with Crippen molar-refractivity contribution >= 4 is 33.3 Å². The lowest BCUT2D eigenvalue weighted by atomic mass is 10.1. The van der Waals surface area contributed by atoms with Crippen LogP contribution in [-0.4, -0.2) is 11.1 Å². The Morgan fingerprint density at radius 2 is 1.91 bits per heavy atom. The molecule has 0 saturated carbocycles. The van der Waals surface area contributed by atoms with Crippen LogP contribution in [0, 0.1) is 0 Å². The normalized spacial score (nSPS) is 11.3. The van der Waals surface area contributed by atoms with Crippen molar-refractivity contribution in [2.75, 3.05) is 5.33 Å². The average molecular weight is 394 g/mol. The van der Waals surface area contributed by atoms with Gasteiger partial charge in [0.1, 0.15) is 11.5 Å². The molecule has 0 N–H and O–H groups in total. The van der Waals surface area contributed by atoms with Gasteiger partial charge in [-0.15, -0.1) is 0 Å². The molecule has 2 nitrogen and oxygen atoms in total. The maximum Gasteiger partial charge on any atom is 0.416 e. The molecule has 116 valence electrons. The number of ketones is 1. The minimum atomic E-state index is -4.47. The fraction of sp³-hybridized carbons (Fsp3) is 0.133. The summed E-state index contributed by atoms with van der Waals surface area (Å²) < 4.78 is 43.1. The first kappa shape index (κ1) is 16.8. The molecule has 0 radical (unpaired) electrons. The van der Waals surface area contributed by atoms with E-state index in [1.807, 2.05) is 0 Å². The second kappa shape index (κ2) is 6.71. The van der Waals surface area contributed by atoms with Gasteiger partial charge in [0.25, 0.3) is 0 Å². The van der Waals surface area contributed by atoms with Crippen molar-refractivity contribution in [1.82, 2.24) is 0 Å². The van der Waals surface area contributed by atoms with Gasteiger partial charge in [-0.2, -0.15) is 13.2 Å². The van der Waals surface area contributed by atoms with E-state index < -0.39 is 11.7 Å². The third-order valence-electron chi connectivity index (χ3n) is 2.76. The Bertz CT molecular complexity index is 701. The summed E-state index contributed by atoms with van der Waals surface area (Å²) in [7, 11) is 0. The summed E-state index contributed by atoms with van der Waals surface area (Å²) >= 11 is 8.88. The summed E-state index contributed by atoms with van der Waals surface area (Å²) in [6.07, 6.45) is -4.47. The first-order valence-corrected chi connectivity index (χ1v) is 7.55. The Morgan fingerprint density at radius 3 is 2.50 bits per heavy atom. The highest BCUT2D eigenvalue weighted by Crippen LogP contribution is 2.36.